The molecule has 1 amide bonds. The first-order valence-electron chi connectivity index (χ1n) is 4.55. The Labute approximate surface area is 76.3 Å². The lowest BCUT2D eigenvalue weighted by Crippen LogP contribution is -2.42. The van der Waals surface area contributed by atoms with E-state index in [1.807, 2.05) is 6.92 Å². The van der Waals surface area contributed by atoms with Crippen molar-refractivity contribution < 1.29 is 14.7 Å². The highest BCUT2D eigenvalue weighted by Crippen LogP contribution is 2.47. The quantitative estimate of drug-likeness (QED) is 0.627. The van der Waals surface area contributed by atoms with E-state index in [-0.39, 0.29) is 11.4 Å². The van der Waals surface area contributed by atoms with Crippen molar-refractivity contribution in [2.75, 3.05) is 0 Å². The second-order valence-electron chi connectivity index (χ2n) is 4.40. The molecule has 2 saturated carbocycles. The fourth-order valence-electron chi connectivity index (χ4n) is 1.37. The molecule has 72 valence electrons. The fourth-order valence-corrected chi connectivity index (χ4v) is 1.37. The van der Waals surface area contributed by atoms with E-state index in [4.69, 9.17) is 5.11 Å². The van der Waals surface area contributed by atoms with E-state index < -0.39 is 11.4 Å². The van der Waals surface area contributed by atoms with Crippen molar-refractivity contribution >= 4 is 11.9 Å². The molecule has 0 radical (unpaired) electrons. The topological polar surface area (TPSA) is 66.4 Å². The van der Waals surface area contributed by atoms with E-state index in [0.717, 1.165) is 12.8 Å². The average molecular weight is 183 g/mol. The van der Waals surface area contributed by atoms with Gasteiger partial charge in [-0.25, -0.2) is 0 Å². The summed E-state index contributed by atoms with van der Waals surface area (Å²) in [4.78, 5) is 22.3. The van der Waals surface area contributed by atoms with Crippen molar-refractivity contribution in [1.82, 2.24) is 5.32 Å². The van der Waals surface area contributed by atoms with Gasteiger partial charge in [-0.3, -0.25) is 9.59 Å². The minimum atomic E-state index is -1.08. The molecule has 13 heavy (non-hydrogen) atoms. The van der Waals surface area contributed by atoms with Crippen molar-refractivity contribution in [3.8, 4) is 0 Å². The number of aliphatic carboxylic acids is 1. The molecule has 2 fully saturated rings. The number of carbonyl (C=O) groups excluding carboxylic acids is 1. The molecule has 0 spiro atoms. The van der Waals surface area contributed by atoms with Crippen molar-refractivity contribution in [3.63, 3.8) is 0 Å². The summed E-state index contributed by atoms with van der Waals surface area (Å²) in [5.74, 6) is -1.27. The van der Waals surface area contributed by atoms with Crippen LogP contribution in [0.2, 0.25) is 0 Å². The van der Waals surface area contributed by atoms with Crippen LogP contribution in [-0.2, 0) is 9.59 Å². The molecule has 4 nitrogen and oxygen atoms in total. The van der Waals surface area contributed by atoms with Gasteiger partial charge in [0, 0.05) is 5.54 Å². The van der Waals surface area contributed by atoms with Crippen LogP contribution in [0.1, 0.15) is 32.6 Å². The molecule has 4 heteroatoms. The average Bonchev–Trinajstić information content (AvgIpc) is 2.83. The van der Waals surface area contributed by atoms with Crippen LogP contribution in [0.4, 0.5) is 0 Å². The first kappa shape index (κ1) is 8.53. The summed E-state index contributed by atoms with van der Waals surface area (Å²) >= 11 is 0. The molecule has 2 rings (SSSR count). The minimum Gasteiger partial charge on any atom is -0.480 e. The van der Waals surface area contributed by atoms with Crippen LogP contribution in [-0.4, -0.2) is 22.5 Å². The summed E-state index contributed by atoms with van der Waals surface area (Å²) in [6, 6.07) is 0. The first-order chi connectivity index (χ1) is 5.99. The maximum atomic E-state index is 11.5. The van der Waals surface area contributed by atoms with Gasteiger partial charge in [0.2, 0.25) is 5.91 Å². The predicted molar refractivity (Wildman–Crippen MR) is 45.1 cm³/mol. The predicted octanol–water partition coefficient (Wildman–Crippen LogP) is 0.520. The van der Waals surface area contributed by atoms with Gasteiger partial charge < -0.3 is 10.4 Å². The molecule has 0 aromatic rings. The van der Waals surface area contributed by atoms with Crippen molar-refractivity contribution in [3.05, 3.63) is 0 Å². The number of carbonyl (C=O) groups is 2. The number of hydrogen-bond acceptors (Lipinski definition) is 2. The molecule has 0 unspecified atom stereocenters. The zero-order valence-corrected chi connectivity index (χ0v) is 7.59. The van der Waals surface area contributed by atoms with Gasteiger partial charge in [-0.15, -0.1) is 0 Å². The Hall–Kier alpha value is -1.06. The molecule has 0 aromatic heterocycles. The molecule has 0 heterocycles. The van der Waals surface area contributed by atoms with Crippen molar-refractivity contribution in [2.45, 2.75) is 38.1 Å². The van der Waals surface area contributed by atoms with Gasteiger partial charge in [0.15, 0.2) is 0 Å². The zero-order chi connectivity index (χ0) is 9.69. The maximum Gasteiger partial charge on any atom is 0.319 e. The van der Waals surface area contributed by atoms with Crippen LogP contribution in [0.25, 0.3) is 0 Å². The highest BCUT2D eigenvalue weighted by atomic mass is 16.4. The standard InChI is InChI=1S/C9H13NO3/c1-8(2-3-8)10-6(11)9(4-5-9)7(12)13/h2-5H2,1H3,(H,10,11)(H,12,13). The molecule has 2 N–H and O–H groups in total. The van der Waals surface area contributed by atoms with Gasteiger partial charge in [0.25, 0.3) is 0 Å². The number of amides is 1. The number of rotatable bonds is 3. The number of carboxylic acid groups (broad SMARTS) is 1. The molecular formula is C9H13NO3. The molecule has 0 saturated heterocycles. The SMILES string of the molecule is CC1(NC(=O)C2(C(=O)O)CC2)CC1. The third-order valence-electron chi connectivity index (χ3n) is 3.01. The van der Waals surface area contributed by atoms with E-state index in [2.05, 4.69) is 5.32 Å². The Morgan fingerprint density at radius 2 is 1.77 bits per heavy atom. The van der Waals surface area contributed by atoms with E-state index in [0.29, 0.717) is 12.8 Å². The van der Waals surface area contributed by atoms with Crippen molar-refractivity contribution in [2.24, 2.45) is 5.41 Å². The summed E-state index contributed by atoms with van der Waals surface area (Å²) < 4.78 is 0. The number of carboxylic acids is 1. The van der Waals surface area contributed by atoms with Gasteiger partial charge in [0.05, 0.1) is 0 Å². The normalized spacial score (nSPS) is 26.2. The molecule has 0 atom stereocenters. The molecule has 2 aliphatic carbocycles. The summed E-state index contributed by atoms with van der Waals surface area (Å²) in [5, 5.41) is 11.6. The van der Waals surface area contributed by atoms with Crippen LogP contribution in [0.5, 0.6) is 0 Å². The molecule has 0 aromatic carbocycles. The smallest absolute Gasteiger partial charge is 0.319 e. The summed E-state index contributed by atoms with van der Waals surface area (Å²) in [5.41, 5.74) is -1.19. The Kier molecular flexibility index (Phi) is 1.47. The van der Waals surface area contributed by atoms with E-state index in [9.17, 15) is 9.59 Å². The molecular weight excluding hydrogens is 170 g/mol. The number of nitrogens with one attached hydrogen (secondary N) is 1. The lowest BCUT2D eigenvalue weighted by molar-refractivity contribution is -0.149. The molecule has 2 aliphatic rings. The highest BCUT2D eigenvalue weighted by Gasteiger charge is 2.58. The minimum absolute atomic E-state index is 0.109. The summed E-state index contributed by atoms with van der Waals surface area (Å²) in [7, 11) is 0. The van der Waals surface area contributed by atoms with Gasteiger partial charge in [0.1, 0.15) is 5.41 Å². The first-order valence-corrected chi connectivity index (χ1v) is 4.55. The highest BCUT2D eigenvalue weighted by molar-refractivity contribution is 6.05. The van der Waals surface area contributed by atoms with Crippen LogP contribution in [0, 0.1) is 5.41 Å². The third kappa shape index (κ3) is 1.30. The second-order valence-corrected chi connectivity index (χ2v) is 4.40. The third-order valence-corrected chi connectivity index (χ3v) is 3.01. The summed E-state index contributed by atoms with van der Waals surface area (Å²) in [6.45, 7) is 1.95. The Balaban J connectivity index is 2.01. The van der Waals surface area contributed by atoms with Gasteiger partial charge in [-0.05, 0) is 32.6 Å². The molecule has 0 aliphatic heterocycles. The molecule has 0 bridgehead atoms. The van der Waals surface area contributed by atoms with Gasteiger partial charge in [-0.1, -0.05) is 0 Å². The Bertz CT molecular complexity index is 277. The van der Waals surface area contributed by atoms with E-state index >= 15 is 0 Å². The Morgan fingerprint density at radius 3 is 2.08 bits per heavy atom. The van der Waals surface area contributed by atoms with Gasteiger partial charge >= 0.3 is 5.97 Å². The van der Waals surface area contributed by atoms with Crippen molar-refractivity contribution in [1.29, 1.82) is 0 Å². The van der Waals surface area contributed by atoms with Crippen LogP contribution in [0.3, 0.4) is 0 Å². The van der Waals surface area contributed by atoms with Gasteiger partial charge in [-0.2, -0.15) is 0 Å². The fraction of sp³-hybridized carbons (Fsp3) is 0.778. The summed E-state index contributed by atoms with van der Waals surface area (Å²) in [6.07, 6.45) is 2.91. The largest absolute Gasteiger partial charge is 0.480 e. The van der Waals surface area contributed by atoms with E-state index in [1.54, 1.807) is 0 Å². The van der Waals surface area contributed by atoms with E-state index in [1.165, 1.54) is 0 Å². The lowest BCUT2D eigenvalue weighted by atomic mass is 10.1. The second kappa shape index (κ2) is 2.25. The monoisotopic (exact) mass is 183 g/mol. The van der Waals surface area contributed by atoms with Crippen LogP contribution in [0.15, 0.2) is 0 Å². The number of hydrogen-bond donors (Lipinski definition) is 2. The zero-order valence-electron chi connectivity index (χ0n) is 7.59. The maximum absolute atomic E-state index is 11.5. The Morgan fingerprint density at radius 1 is 1.23 bits per heavy atom. The van der Waals surface area contributed by atoms with Crippen LogP contribution >= 0.6 is 0 Å². The van der Waals surface area contributed by atoms with Crippen LogP contribution < -0.4 is 5.32 Å². The lowest BCUT2D eigenvalue weighted by Gasteiger charge is -2.15.